The van der Waals surface area contributed by atoms with E-state index in [0.29, 0.717) is 6.04 Å². The lowest BCUT2D eigenvalue weighted by Gasteiger charge is -2.30. The van der Waals surface area contributed by atoms with Crippen molar-refractivity contribution in [2.75, 3.05) is 19.8 Å². The second-order valence-electron chi connectivity index (χ2n) is 3.57. The monoisotopic (exact) mass is 171 g/mol. The van der Waals surface area contributed by atoms with Crippen LogP contribution in [-0.4, -0.2) is 32.1 Å². The fourth-order valence-corrected chi connectivity index (χ4v) is 1.56. The van der Waals surface area contributed by atoms with Crippen molar-refractivity contribution in [3.8, 4) is 0 Å². The summed E-state index contributed by atoms with van der Waals surface area (Å²) >= 11 is 0. The van der Waals surface area contributed by atoms with Crippen LogP contribution < -0.4 is 5.32 Å². The number of hydrogen-bond donors (Lipinski definition) is 1. The van der Waals surface area contributed by atoms with Gasteiger partial charge in [-0.1, -0.05) is 0 Å². The molecule has 0 aromatic carbocycles. The Morgan fingerprint density at radius 2 is 2.25 bits per heavy atom. The Morgan fingerprint density at radius 3 is 2.83 bits per heavy atom. The van der Waals surface area contributed by atoms with Crippen molar-refractivity contribution in [1.82, 2.24) is 5.32 Å². The number of nitrogens with one attached hydrogen (secondary N) is 1. The van der Waals surface area contributed by atoms with Gasteiger partial charge in [0.2, 0.25) is 0 Å². The van der Waals surface area contributed by atoms with Gasteiger partial charge in [0.25, 0.3) is 0 Å². The van der Waals surface area contributed by atoms with E-state index in [1.54, 1.807) is 0 Å². The summed E-state index contributed by atoms with van der Waals surface area (Å²) in [5, 5.41) is 3.30. The van der Waals surface area contributed by atoms with Crippen molar-refractivity contribution in [1.29, 1.82) is 0 Å². The van der Waals surface area contributed by atoms with Gasteiger partial charge in [-0.15, -0.1) is 0 Å². The molecule has 0 aromatic rings. The average Bonchev–Trinajstić information content (AvgIpc) is 2.04. The first kappa shape index (κ1) is 8.48. The van der Waals surface area contributed by atoms with Crippen LogP contribution in [0.2, 0.25) is 0 Å². The molecule has 3 nitrogen and oxygen atoms in total. The molecule has 2 unspecified atom stereocenters. The molecule has 2 saturated heterocycles. The summed E-state index contributed by atoms with van der Waals surface area (Å²) in [4.78, 5) is 0. The first-order valence-electron chi connectivity index (χ1n) is 4.92. The number of hydrogen-bond acceptors (Lipinski definition) is 3. The number of rotatable bonds is 3. The molecule has 1 N–H and O–H groups in total. The van der Waals surface area contributed by atoms with Gasteiger partial charge in [0, 0.05) is 12.6 Å². The van der Waals surface area contributed by atoms with E-state index in [1.807, 2.05) is 0 Å². The molecule has 0 amide bonds. The first-order valence-corrected chi connectivity index (χ1v) is 4.92. The Balaban J connectivity index is 1.58. The lowest BCUT2D eigenvalue weighted by molar-refractivity contribution is -0.168. The minimum absolute atomic E-state index is 0.0844. The molecule has 3 heteroatoms. The summed E-state index contributed by atoms with van der Waals surface area (Å²) in [6.07, 6.45) is 4.87. The van der Waals surface area contributed by atoms with Crippen molar-refractivity contribution in [2.45, 2.75) is 38.0 Å². The molecule has 2 fully saturated rings. The van der Waals surface area contributed by atoms with Crippen LogP contribution in [-0.2, 0) is 9.47 Å². The molecule has 2 atom stereocenters. The van der Waals surface area contributed by atoms with Gasteiger partial charge >= 0.3 is 0 Å². The Labute approximate surface area is 73.4 Å². The zero-order valence-electron chi connectivity index (χ0n) is 7.42. The van der Waals surface area contributed by atoms with E-state index >= 15 is 0 Å². The smallest absolute Gasteiger partial charge is 0.157 e. The molecule has 12 heavy (non-hydrogen) atoms. The fraction of sp³-hybridized carbons (Fsp3) is 1.00. The van der Waals surface area contributed by atoms with Crippen LogP contribution in [0.5, 0.6) is 0 Å². The van der Waals surface area contributed by atoms with Crippen molar-refractivity contribution < 1.29 is 9.47 Å². The Kier molecular flexibility index (Phi) is 2.98. The van der Waals surface area contributed by atoms with Crippen molar-refractivity contribution in [2.24, 2.45) is 0 Å². The third-order valence-electron chi connectivity index (χ3n) is 2.55. The molecule has 2 heterocycles. The van der Waals surface area contributed by atoms with E-state index in [-0.39, 0.29) is 6.29 Å². The summed E-state index contributed by atoms with van der Waals surface area (Å²) < 4.78 is 11.0. The molecule has 0 saturated carbocycles. The van der Waals surface area contributed by atoms with Gasteiger partial charge in [0.05, 0.1) is 6.61 Å². The SMILES string of the molecule is C1CCC(OCC2CCN2)OC1. The van der Waals surface area contributed by atoms with Gasteiger partial charge in [-0.2, -0.15) is 0 Å². The van der Waals surface area contributed by atoms with Gasteiger partial charge < -0.3 is 14.8 Å². The van der Waals surface area contributed by atoms with Crippen molar-refractivity contribution in [3.05, 3.63) is 0 Å². The van der Waals surface area contributed by atoms with Crippen LogP contribution >= 0.6 is 0 Å². The zero-order valence-corrected chi connectivity index (χ0v) is 7.42. The maximum Gasteiger partial charge on any atom is 0.157 e. The average molecular weight is 171 g/mol. The second-order valence-corrected chi connectivity index (χ2v) is 3.57. The normalized spacial score (nSPS) is 36.0. The second kappa shape index (κ2) is 4.21. The van der Waals surface area contributed by atoms with Crippen molar-refractivity contribution in [3.63, 3.8) is 0 Å². The molecule has 0 radical (unpaired) electrons. The first-order chi connectivity index (χ1) is 5.95. The lowest BCUT2D eigenvalue weighted by Crippen LogP contribution is -2.46. The van der Waals surface area contributed by atoms with E-state index in [4.69, 9.17) is 9.47 Å². The van der Waals surface area contributed by atoms with E-state index in [9.17, 15) is 0 Å². The Morgan fingerprint density at radius 1 is 1.33 bits per heavy atom. The van der Waals surface area contributed by atoms with Crippen molar-refractivity contribution >= 4 is 0 Å². The zero-order chi connectivity index (χ0) is 8.23. The van der Waals surface area contributed by atoms with E-state index in [1.165, 1.54) is 19.3 Å². The van der Waals surface area contributed by atoms with Crippen LogP contribution in [0, 0.1) is 0 Å². The summed E-state index contributed by atoms with van der Waals surface area (Å²) in [7, 11) is 0. The minimum Gasteiger partial charge on any atom is -0.353 e. The van der Waals surface area contributed by atoms with E-state index in [2.05, 4.69) is 5.32 Å². The highest BCUT2D eigenvalue weighted by Gasteiger charge is 2.20. The third-order valence-corrected chi connectivity index (χ3v) is 2.55. The summed E-state index contributed by atoms with van der Waals surface area (Å²) in [6, 6.07) is 0.593. The van der Waals surface area contributed by atoms with Gasteiger partial charge in [-0.25, -0.2) is 0 Å². The topological polar surface area (TPSA) is 30.5 Å². The van der Waals surface area contributed by atoms with Gasteiger partial charge in [0.15, 0.2) is 6.29 Å². The Hall–Kier alpha value is -0.120. The molecule has 0 spiro atoms. The summed E-state index contributed by atoms with van der Waals surface area (Å²) in [5.41, 5.74) is 0. The molecule has 0 bridgehead atoms. The highest BCUT2D eigenvalue weighted by Crippen LogP contribution is 2.14. The lowest BCUT2D eigenvalue weighted by atomic mass is 10.1. The largest absolute Gasteiger partial charge is 0.353 e. The van der Waals surface area contributed by atoms with Crippen LogP contribution in [0.3, 0.4) is 0 Å². The Bertz CT molecular complexity index is 130. The summed E-state index contributed by atoms with van der Waals surface area (Å²) in [6.45, 7) is 2.85. The minimum atomic E-state index is 0.0844. The predicted octanol–water partition coefficient (Wildman–Crippen LogP) is 0.891. The quantitative estimate of drug-likeness (QED) is 0.684. The summed E-state index contributed by atoms with van der Waals surface area (Å²) in [5.74, 6) is 0. The standard InChI is InChI=1S/C9H17NO2/c1-2-6-11-9(3-1)12-7-8-4-5-10-8/h8-10H,1-7H2. The fourth-order valence-electron chi connectivity index (χ4n) is 1.56. The van der Waals surface area contributed by atoms with Crippen LogP contribution in [0.15, 0.2) is 0 Å². The van der Waals surface area contributed by atoms with Gasteiger partial charge in [-0.3, -0.25) is 0 Å². The third kappa shape index (κ3) is 2.19. The maximum absolute atomic E-state index is 5.60. The highest BCUT2D eigenvalue weighted by molar-refractivity contribution is 4.76. The predicted molar refractivity (Wildman–Crippen MR) is 46.0 cm³/mol. The number of ether oxygens (including phenoxy) is 2. The molecule has 2 rings (SSSR count). The molecule has 2 aliphatic rings. The molecule has 2 aliphatic heterocycles. The molecular weight excluding hydrogens is 154 g/mol. The van der Waals surface area contributed by atoms with E-state index in [0.717, 1.165) is 26.2 Å². The molecule has 0 aliphatic carbocycles. The van der Waals surface area contributed by atoms with E-state index < -0.39 is 0 Å². The van der Waals surface area contributed by atoms with Gasteiger partial charge in [-0.05, 0) is 32.2 Å². The maximum atomic E-state index is 5.60. The van der Waals surface area contributed by atoms with Crippen LogP contribution in [0.1, 0.15) is 25.7 Å². The van der Waals surface area contributed by atoms with Crippen LogP contribution in [0.4, 0.5) is 0 Å². The van der Waals surface area contributed by atoms with Gasteiger partial charge in [0.1, 0.15) is 0 Å². The molecule has 70 valence electrons. The highest BCUT2D eigenvalue weighted by atomic mass is 16.7. The molecular formula is C9H17NO2. The van der Waals surface area contributed by atoms with Crippen LogP contribution in [0.25, 0.3) is 0 Å². The molecule has 0 aromatic heterocycles.